The number of likely N-dealkylation sites (N-methyl/N-ethyl adjacent to an activating group) is 1. The maximum Gasteiger partial charge on any atom is 0.317 e. The van der Waals surface area contributed by atoms with Crippen LogP contribution in [0.5, 0.6) is 5.75 Å². The van der Waals surface area contributed by atoms with Crippen molar-refractivity contribution in [2.75, 3.05) is 33.9 Å². The molecular weight excluding hydrogens is 280 g/mol. The molecule has 2 rings (SSSR count). The van der Waals surface area contributed by atoms with Crippen molar-refractivity contribution in [3.05, 3.63) is 29.8 Å². The first kappa shape index (κ1) is 16.6. The maximum absolute atomic E-state index is 12.1. The van der Waals surface area contributed by atoms with Crippen LogP contribution in [0.1, 0.15) is 24.8 Å². The Bertz CT molecular complexity index is 473. The van der Waals surface area contributed by atoms with Gasteiger partial charge in [0, 0.05) is 26.7 Å². The average Bonchev–Trinajstić information content (AvgIpc) is 2.56. The van der Waals surface area contributed by atoms with Crippen molar-refractivity contribution < 1.29 is 14.3 Å². The van der Waals surface area contributed by atoms with Gasteiger partial charge in [-0.25, -0.2) is 4.79 Å². The molecule has 0 aliphatic carbocycles. The zero-order valence-corrected chi connectivity index (χ0v) is 13.5. The van der Waals surface area contributed by atoms with Crippen LogP contribution in [-0.2, 0) is 11.2 Å². The number of carbonyl (C=O) groups excluding carboxylic acids is 1. The quantitative estimate of drug-likeness (QED) is 0.878. The first-order chi connectivity index (χ1) is 10.7. The van der Waals surface area contributed by atoms with Crippen LogP contribution in [0, 0.1) is 0 Å². The van der Waals surface area contributed by atoms with E-state index in [2.05, 4.69) is 5.32 Å². The van der Waals surface area contributed by atoms with Crippen molar-refractivity contribution in [2.45, 2.75) is 31.8 Å². The summed E-state index contributed by atoms with van der Waals surface area (Å²) in [6, 6.07) is 7.82. The van der Waals surface area contributed by atoms with Gasteiger partial charge in [-0.3, -0.25) is 0 Å². The number of urea groups is 1. The number of carbonyl (C=O) groups is 1. The molecule has 1 atom stereocenters. The van der Waals surface area contributed by atoms with E-state index in [9.17, 15) is 4.79 Å². The van der Waals surface area contributed by atoms with Gasteiger partial charge in [-0.2, -0.15) is 0 Å². The molecule has 22 heavy (non-hydrogen) atoms. The highest BCUT2D eigenvalue weighted by Crippen LogP contribution is 2.17. The molecule has 1 N–H and O–H groups in total. The number of rotatable bonds is 6. The van der Waals surface area contributed by atoms with Gasteiger partial charge in [0.05, 0.1) is 13.2 Å². The molecule has 1 fully saturated rings. The predicted octanol–water partition coefficient (Wildman–Crippen LogP) is 2.45. The predicted molar refractivity (Wildman–Crippen MR) is 86.3 cm³/mol. The summed E-state index contributed by atoms with van der Waals surface area (Å²) in [5.74, 6) is 0.862. The third-order valence-corrected chi connectivity index (χ3v) is 3.96. The minimum absolute atomic E-state index is 0.0518. The molecule has 1 aliphatic heterocycles. The Morgan fingerprint density at radius 1 is 1.41 bits per heavy atom. The highest BCUT2D eigenvalue weighted by molar-refractivity contribution is 5.73. The Labute approximate surface area is 132 Å². The minimum atomic E-state index is -0.0518. The fourth-order valence-corrected chi connectivity index (χ4v) is 2.69. The van der Waals surface area contributed by atoms with Crippen molar-refractivity contribution in [3.8, 4) is 5.75 Å². The van der Waals surface area contributed by atoms with Crippen molar-refractivity contribution in [2.24, 2.45) is 0 Å². The SMILES string of the molecule is COc1ccccc1CCNC(=O)N(C)CC1CCCCO1. The van der Waals surface area contributed by atoms with Gasteiger partial charge in [0.25, 0.3) is 0 Å². The van der Waals surface area contributed by atoms with Gasteiger partial charge >= 0.3 is 6.03 Å². The van der Waals surface area contributed by atoms with Gasteiger partial charge in [-0.15, -0.1) is 0 Å². The Hall–Kier alpha value is -1.75. The second-order valence-corrected chi connectivity index (χ2v) is 5.66. The highest BCUT2D eigenvalue weighted by atomic mass is 16.5. The first-order valence-electron chi connectivity index (χ1n) is 7.93. The fourth-order valence-electron chi connectivity index (χ4n) is 2.69. The van der Waals surface area contributed by atoms with Crippen LogP contribution in [0.4, 0.5) is 4.79 Å². The summed E-state index contributed by atoms with van der Waals surface area (Å²) >= 11 is 0. The van der Waals surface area contributed by atoms with Gasteiger partial charge in [0.15, 0.2) is 0 Å². The summed E-state index contributed by atoms with van der Waals surface area (Å²) in [6.45, 7) is 2.06. The van der Waals surface area contributed by atoms with Gasteiger partial charge in [0.2, 0.25) is 0 Å². The first-order valence-corrected chi connectivity index (χ1v) is 7.93. The maximum atomic E-state index is 12.1. The summed E-state index contributed by atoms with van der Waals surface area (Å²) in [4.78, 5) is 13.8. The molecular formula is C17H26N2O3. The van der Waals surface area contributed by atoms with Gasteiger partial charge in [0.1, 0.15) is 5.75 Å². The molecule has 1 aromatic carbocycles. The van der Waals surface area contributed by atoms with Crippen molar-refractivity contribution in [1.29, 1.82) is 0 Å². The smallest absolute Gasteiger partial charge is 0.317 e. The molecule has 0 bridgehead atoms. The second kappa shape index (κ2) is 8.63. The Morgan fingerprint density at radius 3 is 2.95 bits per heavy atom. The third kappa shape index (κ3) is 4.91. The number of ether oxygens (including phenoxy) is 2. The molecule has 0 radical (unpaired) electrons. The topological polar surface area (TPSA) is 50.8 Å². The molecule has 1 aliphatic rings. The number of hydrogen-bond acceptors (Lipinski definition) is 3. The van der Waals surface area contributed by atoms with Crippen LogP contribution in [-0.4, -0.2) is 50.9 Å². The number of methoxy groups -OCH3 is 1. The van der Waals surface area contributed by atoms with Crippen LogP contribution in [0.25, 0.3) is 0 Å². The third-order valence-electron chi connectivity index (χ3n) is 3.96. The fraction of sp³-hybridized carbons (Fsp3) is 0.588. The van der Waals surface area contributed by atoms with Crippen molar-refractivity contribution in [1.82, 2.24) is 10.2 Å². The number of benzene rings is 1. The average molecular weight is 306 g/mol. The number of nitrogens with one attached hydrogen (secondary N) is 1. The van der Waals surface area contributed by atoms with E-state index < -0.39 is 0 Å². The Balaban J connectivity index is 1.72. The van der Waals surface area contributed by atoms with Crippen molar-refractivity contribution in [3.63, 3.8) is 0 Å². The Kier molecular flexibility index (Phi) is 6.52. The zero-order chi connectivity index (χ0) is 15.8. The summed E-state index contributed by atoms with van der Waals surface area (Å²) < 4.78 is 11.0. The largest absolute Gasteiger partial charge is 0.496 e. The number of para-hydroxylation sites is 1. The molecule has 0 saturated carbocycles. The van der Waals surface area contributed by atoms with E-state index in [4.69, 9.17) is 9.47 Å². The van der Waals surface area contributed by atoms with E-state index >= 15 is 0 Å². The van der Waals surface area contributed by atoms with E-state index in [0.29, 0.717) is 13.1 Å². The Morgan fingerprint density at radius 2 is 2.23 bits per heavy atom. The molecule has 5 heteroatoms. The normalized spacial score (nSPS) is 17.8. The van der Waals surface area contributed by atoms with E-state index in [1.165, 1.54) is 6.42 Å². The summed E-state index contributed by atoms with van der Waals surface area (Å²) in [6.07, 6.45) is 4.29. The molecule has 5 nitrogen and oxygen atoms in total. The molecule has 1 saturated heterocycles. The van der Waals surface area contributed by atoms with E-state index in [1.807, 2.05) is 31.3 Å². The minimum Gasteiger partial charge on any atom is -0.496 e. The van der Waals surface area contributed by atoms with Gasteiger partial charge in [-0.1, -0.05) is 18.2 Å². The number of nitrogens with zero attached hydrogens (tertiary/aromatic N) is 1. The summed E-state index contributed by atoms with van der Waals surface area (Å²) in [7, 11) is 3.48. The standard InChI is InChI=1S/C17H26N2O3/c1-19(13-15-8-5-6-12-22-15)17(20)18-11-10-14-7-3-4-9-16(14)21-2/h3-4,7,9,15H,5-6,8,10-13H2,1-2H3,(H,18,20). The molecule has 1 heterocycles. The highest BCUT2D eigenvalue weighted by Gasteiger charge is 2.18. The monoisotopic (exact) mass is 306 g/mol. The van der Waals surface area contributed by atoms with Crippen LogP contribution < -0.4 is 10.1 Å². The number of hydrogen-bond donors (Lipinski definition) is 1. The molecule has 1 aromatic rings. The summed E-state index contributed by atoms with van der Waals surface area (Å²) in [5.41, 5.74) is 1.10. The lowest BCUT2D eigenvalue weighted by Crippen LogP contribution is -2.43. The number of amides is 2. The molecule has 2 amide bonds. The van der Waals surface area contributed by atoms with Crippen molar-refractivity contribution >= 4 is 6.03 Å². The lowest BCUT2D eigenvalue weighted by molar-refractivity contribution is 0.00388. The van der Waals surface area contributed by atoms with Gasteiger partial charge in [-0.05, 0) is 37.3 Å². The van der Waals surface area contributed by atoms with E-state index in [0.717, 1.165) is 37.2 Å². The van der Waals surface area contributed by atoms with E-state index in [1.54, 1.807) is 12.0 Å². The second-order valence-electron chi connectivity index (χ2n) is 5.66. The molecule has 1 unspecified atom stereocenters. The molecule has 0 spiro atoms. The lowest BCUT2D eigenvalue weighted by atomic mass is 10.1. The zero-order valence-electron chi connectivity index (χ0n) is 13.5. The molecule has 122 valence electrons. The van der Waals surface area contributed by atoms with Crippen LogP contribution in [0.3, 0.4) is 0 Å². The van der Waals surface area contributed by atoms with Gasteiger partial charge < -0.3 is 19.7 Å². The van der Waals surface area contributed by atoms with E-state index in [-0.39, 0.29) is 12.1 Å². The van der Waals surface area contributed by atoms with Crippen LogP contribution in [0.15, 0.2) is 24.3 Å². The van der Waals surface area contributed by atoms with Crippen LogP contribution >= 0.6 is 0 Å². The lowest BCUT2D eigenvalue weighted by Gasteiger charge is -2.27. The van der Waals surface area contributed by atoms with Crippen LogP contribution in [0.2, 0.25) is 0 Å². The summed E-state index contributed by atoms with van der Waals surface area (Å²) in [5, 5.41) is 2.95. The molecule has 0 aromatic heterocycles.